The summed E-state index contributed by atoms with van der Waals surface area (Å²) >= 11 is 6.27. The number of rotatable bonds is 7. The van der Waals surface area contributed by atoms with Gasteiger partial charge in [-0.05, 0) is 57.2 Å². The molecule has 0 saturated carbocycles. The van der Waals surface area contributed by atoms with Crippen LogP contribution >= 0.6 is 11.6 Å². The Hall–Kier alpha value is -1.84. The molecule has 0 aliphatic carbocycles. The number of hydrogen-bond donors (Lipinski definition) is 0. The van der Waals surface area contributed by atoms with E-state index in [0.717, 1.165) is 47.8 Å². The van der Waals surface area contributed by atoms with Gasteiger partial charge >= 0.3 is 0 Å². The standard InChI is InChI=1S/C21H26ClN3/c1-4-18(16-9-6-5-7-10-16)21-23-19-12-11-17(22)15-20(19)25(21)14-8-13-24(2)3/h5-7,9-12,15,18H,4,8,13-14H2,1-3H3. The van der Waals surface area contributed by atoms with Crippen LogP contribution in [-0.2, 0) is 6.54 Å². The van der Waals surface area contributed by atoms with E-state index < -0.39 is 0 Å². The molecule has 0 fully saturated rings. The zero-order valence-electron chi connectivity index (χ0n) is 15.2. The zero-order chi connectivity index (χ0) is 17.8. The number of imidazole rings is 1. The minimum Gasteiger partial charge on any atom is -0.327 e. The van der Waals surface area contributed by atoms with Crippen LogP contribution < -0.4 is 0 Å². The first-order chi connectivity index (χ1) is 12.1. The molecule has 3 aromatic rings. The highest BCUT2D eigenvalue weighted by molar-refractivity contribution is 6.31. The molecule has 0 N–H and O–H groups in total. The van der Waals surface area contributed by atoms with Gasteiger partial charge in [0.05, 0.1) is 11.0 Å². The Morgan fingerprint density at radius 2 is 1.88 bits per heavy atom. The maximum Gasteiger partial charge on any atom is 0.117 e. The number of aryl methyl sites for hydroxylation is 1. The van der Waals surface area contributed by atoms with Crippen molar-refractivity contribution in [2.75, 3.05) is 20.6 Å². The summed E-state index contributed by atoms with van der Waals surface area (Å²) in [5, 5.41) is 0.764. The van der Waals surface area contributed by atoms with Crippen LogP contribution in [0, 0.1) is 0 Å². The molecule has 0 saturated heterocycles. The predicted molar refractivity (Wildman–Crippen MR) is 106 cm³/mol. The van der Waals surface area contributed by atoms with E-state index in [4.69, 9.17) is 16.6 Å². The molecule has 132 valence electrons. The van der Waals surface area contributed by atoms with Crippen LogP contribution in [0.4, 0.5) is 0 Å². The molecule has 0 aliphatic heterocycles. The molecule has 3 nitrogen and oxygen atoms in total. The Morgan fingerprint density at radius 3 is 2.56 bits per heavy atom. The van der Waals surface area contributed by atoms with Gasteiger partial charge in [-0.25, -0.2) is 4.98 Å². The highest BCUT2D eigenvalue weighted by atomic mass is 35.5. The summed E-state index contributed by atoms with van der Waals surface area (Å²) < 4.78 is 2.37. The number of fused-ring (bicyclic) bond motifs is 1. The van der Waals surface area contributed by atoms with Crippen LogP contribution in [0.2, 0.25) is 5.02 Å². The Labute approximate surface area is 155 Å². The molecular formula is C21H26ClN3. The van der Waals surface area contributed by atoms with Crippen LogP contribution in [0.5, 0.6) is 0 Å². The maximum absolute atomic E-state index is 6.27. The average molecular weight is 356 g/mol. The lowest BCUT2D eigenvalue weighted by Gasteiger charge is -2.18. The fourth-order valence-electron chi connectivity index (χ4n) is 3.41. The van der Waals surface area contributed by atoms with Gasteiger partial charge in [-0.2, -0.15) is 0 Å². The van der Waals surface area contributed by atoms with E-state index in [1.165, 1.54) is 5.56 Å². The Balaban J connectivity index is 2.05. The van der Waals surface area contributed by atoms with Crippen LogP contribution in [0.25, 0.3) is 11.0 Å². The largest absolute Gasteiger partial charge is 0.327 e. The first-order valence-electron chi connectivity index (χ1n) is 8.95. The third kappa shape index (κ3) is 4.05. The Kier molecular flexibility index (Phi) is 5.77. The Bertz CT molecular complexity index is 824. The highest BCUT2D eigenvalue weighted by Gasteiger charge is 2.20. The lowest BCUT2D eigenvalue weighted by molar-refractivity contribution is 0.385. The van der Waals surface area contributed by atoms with Crippen molar-refractivity contribution in [3.05, 3.63) is 64.9 Å². The van der Waals surface area contributed by atoms with E-state index in [1.807, 2.05) is 18.2 Å². The minimum absolute atomic E-state index is 0.298. The number of hydrogen-bond acceptors (Lipinski definition) is 2. The van der Waals surface area contributed by atoms with Crippen molar-refractivity contribution in [2.45, 2.75) is 32.2 Å². The minimum atomic E-state index is 0.298. The Morgan fingerprint density at radius 1 is 1.12 bits per heavy atom. The summed E-state index contributed by atoms with van der Waals surface area (Å²) in [5.74, 6) is 1.44. The van der Waals surface area contributed by atoms with Crippen LogP contribution in [0.1, 0.15) is 37.1 Å². The molecule has 1 aromatic heterocycles. The topological polar surface area (TPSA) is 21.1 Å². The van der Waals surface area contributed by atoms with Gasteiger partial charge in [0.25, 0.3) is 0 Å². The number of benzene rings is 2. The van der Waals surface area contributed by atoms with Gasteiger partial charge in [0.15, 0.2) is 0 Å². The predicted octanol–water partition coefficient (Wildman–Crippen LogP) is 5.18. The number of aromatic nitrogens is 2. The molecule has 3 rings (SSSR count). The smallest absolute Gasteiger partial charge is 0.117 e. The van der Waals surface area contributed by atoms with Crippen molar-refractivity contribution in [1.29, 1.82) is 0 Å². The molecule has 4 heteroatoms. The third-order valence-corrected chi connectivity index (χ3v) is 4.88. The van der Waals surface area contributed by atoms with Crippen molar-refractivity contribution < 1.29 is 0 Å². The van der Waals surface area contributed by atoms with Gasteiger partial charge < -0.3 is 9.47 Å². The lowest BCUT2D eigenvalue weighted by Crippen LogP contribution is -2.17. The molecule has 1 heterocycles. The van der Waals surface area contributed by atoms with E-state index in [9.17, 15) is 0 Å². The van der Waals surface area contributed by atoms with Crippen molar-refractivity contribution in [3.8, 4) is 0 Å². The van der Waals surface area contributed by atoms with E-state index in [2.05, 4.69) is 60.8 Å². The van der Waals surface area contributed by atoms with E-state index >= 15 is 0 Å². The fourth-order valence-corrected chi connectivity index (χ4v) is 3.58. The first kappa shape index (κ1) is 18.0. The van der Waals surface area contributed by atoms with Gasteiger partial charge in [0, 0.05) is 17.5 Å². The zero-order valence-corrected chi connectivity index (χ0v) is 16.0. The summed E-state index contributed by atoms with van der Waals surface area (Å²) in [4.78, 5) is 7.21. The molecule has 2 aromatic carbocycles. The van der Waals surface area contributed by atoms with Crippen molar-refractivity contribution >= 4 is 22.6 Å². The summed E-state index contributed by atoms with van der Waals surface area (Å²) in [5.41, 5.74) is 3.48. The highest BCUT2D eigenvalue weighted by Crippen LogP contribution is 2.31. The van der Waals surface area contributed by atoms with Gasteiger partial charge in [0.2, 0.25) is 0 Å². The number of nitrogens with zero attached hydrogens (tertiary/aromatic N) is 3. The summed E-state index contributed by atoms with van der Waals surface area (Å²) in [6.07, 6.45) is 2.11. The van der Waals surface area contributed by atoms with Crippen molar-refractivity contribution in [3.63, 3.8) is 0 Å². The van der Waals surface area contributed by atoms with Gasteiger partial charge in [0.1, 0.15) is 5.82 Å². The summed E-state index contributed by atoms with van der Waals surface area (Å²) in [6.45, 7) is 4.24. The normalized spacial score (nSPS) is 12.8. The van der Waals surface area contributed by atoms with E-state index in [0.29, 0.717) is 5.92 Å². The SMILES string of the molecule is CCC(c1ccccc1)c1nc2ccc(Cl)cc2n1CCCN(C)C. The summed E-state index contributed by atoms with van der Waals surface area (Å²) in [7, 11) is 4.23. The summed E-state index contributed by atoms with van der Waals surface area (Å²) in [6, 6.07) is 16.7. The second-order valence-corrected chi connectivity index (χ2v) is 7.22. The molecule has 0 aliphatic rings. The van der Waals surface area contributed by atoms with Gasteiger partial charge in [-0.1, -0.05) is 48.9 Å². The quantitative estimate of drug-likeness (QED) is 0.582. The number of halogens is 1. The van der Waals surface area contributed by atoms with Crippen LogP contribution in [0.15, 0.2) is 48.5 Å². The molecule has 0 amide bonds. The molecule has 1 unspecified atom stereocenters. The molecule has 25 heavy (non-hydrogen) atoms. The molecule has 0 spiro atoms. The molecule has 0 bridgehead atoms. The molecule has 0 radical (unpaired) electrons. The van der Waals surface area contributed by atoms with Gasteiger partial charge in [-0.15, -0.1) is 0 Å². The van der Waals surface area contributed by atoms with Gasteiger partial charge in [-0.3, -0.25) is 0 Å². The van der Waals surface area contributed by atoms with Crippen LogP contribution in [-0.4, -0.2) is 35.1 Å². The van der Waals surface area contributed by atoms with E-state index in [-0.39, 0.29) is 0 Å². The fraction of sp³-hybridized carbons (Fsp3) is 0.381. The third-order valence-electron chi connectivity index (χ3n) is 4.65. The molecule has 1 atom stereocenters. The van der Waals surface area contributed by atoms with Crippen molar-refractivity contribution in [2.24, 2.45) is 0 Å². The second kappa shape index (κ2) is 8.03. The monoisotopic (exact) mass is 355 g/mol. The lowest BCUT2D eigenvalue weighted by atomic mass is 9.95. The molecular weight excluding hydrogens is 330 g/mol. The average Bonchev–Trinajstić information content (AvgIpc) is 2.94. The first-order valence-corrected chi connectivity index (χ1v) is 9.33. The van der Waals surface area contributed by atoms with Crippen LogP contribution in [0.3, 0.4) is 0 Å². The van der Waals surface area contributed by atoms with E-state index in [1.54, 1.807) is 0 Å². The second-order valence-electron chi connectivity index (χ2n) is 6.78. The maximum atomic E-state index is 6.27. The van der Waals surface area contributed by atoms with Crippen molar-refractivity contribution in [1.82, 2.24) is 14.5 Å².